The van der Waals surface area contributed by atoms with Crippen LogP contribution in [0.5, 0.6) is 0 Å². The number of piperidine rings is 1. The van der Waals surface area contributed by atoms with Gasteiger partial charge in [0.15, 0.2) is 0 Å². The molecular weight excluding hydrogens is 183 g/mol. The van der Waals surface area contributed by atoms with Crippen molar-refractivity contribution in [1.29, 1.82) is 0 Å². The van der Waals surface area contributed by atoms with Crippen LogP contribution in [0.3, 0.4) is 0 Å². The van der Waals surface area contributed by atoms with Crippen molar-refractivity contribution in [2.45, 2.75) is 32.2 Å². The van der Waals surface area contributed by atoms with E-state index < -0.39 is 12.4 Å². The summed E-state index contributed by atoms with van der Waals surface area (Å²) < 4.78 is 36.2. The van der Waals surface area contributed by atoms with Crippen LogP contribution in [-0.2, 0) is 0 Å². The third-order valence-electron chi connectivity index (χ3n) is 2.33. The van der Waals surface area contributed by atoms with Gasteiger partial charge in [-0.2, -0.15) is 13.2 Å². The van der Waals surface area contributed by atoms with E-state index >= 15 is 0 Å². The Hall–Kier alpha value is -0.290. The molecule has 2 unspecified atom stereocenters. The summed E-state index contributed by atoms with van der Waals surface area (Å²) in [5.74, 6) is 0.241. The Morgan fingerprint density at radius 3 is 2.54 bits per heavy atom. The molecule has 0 amide bonds. The molecule has 1 aliphatic rings. The smallest absolute Gasteiger partial charge is 0.370 e. The SMILES string of the molecule is CC1CCCN(C(O)C(F)(F)F)C1. The molecule has 0 aromatic heterocycles. The summed E-state index contributed by atoms with van der Waals surface area (Å²) in [4.78, 5) is 1.09. The molecular formula is C8H14F3NO. The van der Waals surface area contributed by atoms with Crippen molar-refractivity contribution in [3.05, 3.63) is 0 Å². The second-order valence-corrected chi connectivity index (χ2v) is 3.66. The minimum Gasteiger partial charge on any atom is -0.370 e. The molecule has 13 heavy (non-hydrogen) atoms. The van der Waals surface area contributed by atoms with E-state index in [9.17, 15) is 13.2 Å². The third kappa shape index (κ3) is 2.84. The molecule has 78 valence electrons. The van der Waals surface area contributed by atoms with E-state index in [-0.39, 0.29) is 5.92 Å². The van der Waals surface area contributed by atoms with Crippen molar-refractivity contribution in [3.8, 4) is 0 Å². The van der Waals surface area contributed by atoms with Gasteiger partial charge in [0.05, 0.1) is 0 Å². The van der Waals surface area contributed by atoms with E-state index in [0.29, 0.717) is 13.1 Å². The molecule has 0 aromatic carbocycles. The highest BCUT2D eigenvalue weighted by atomic mass is 19.4. The summed E-state index contributed by atoms with van der Waals surface area (Å²) in [6.07, 6.45) is -5.12. The quantitative estimate of drug-likeness (QED) is 0.690. The minimum absolute atomic E-state index is 0.241. The van der Waals surface area contributed by atoms with E-state index in [0.717, 1.165) is 17.7 Å². The lowest BCUT2D eigenvalue weighted by Gasteiger charge is -2.34. The number of rotatable bonds is 1. The molecule has 1 fully saturated rings. The maximum atomic E-state index is 12.1. The molecule has 2 nitrogen and oxygen atoms in total. The maximum absolute atomic E-state index is 12.1. The molecule has 2 atom stereocenters. The van der Waals surface area contributed by atoms with Gasteiger partial charge in [-0.3, -0.25) is 4.90 Å². The molecule has 1 N–H and O–H groups in total. The van der Waals surface area contributed by atoms with E-state index in [1.54, 1.807) is 0 Å². The lowest BCUT2D eigenvalue weighted by Crippen LogP contribution is -2.49. The van der Waals surface area contributed by atoms with Gasteiger partial charge >= 0.3 is 6.18 Å². The highest BCUT2D eigenvalue weighted by Crippen LogP contribution is 2.26. The van der Waals surface area contributed by atoms with Gasteiger partial charge in [0.25, 0.3) is 0 Å². The number of likely N-dealkylation sites (tertiary alicyclic amines) is 1. The summed E-state index contributed by atoms with van der Waals surface area (Å²) in [7, 11) is 0. The summed E-state index contributed by atoms with van der Waals surface area (Å²) in [5, 5.41) is 8.93. The second-order valence-electron chi connectivity index (χ2n) is 3.66. The molecule has 0 aliphatic carbocycles. The van der Waals surface area contributed by atoms with E-state index in [1.165, 1.54) is 0 Å². The number of hydrogen-bond acceptors (Lipinski definition) is 2. The van der Waals surface area contributed by atoms with Crippen LogP contribution >= 0.6 is 0 Å². The van der Waals surface area contributed by atoms with Gasteiger partial charge in [-0.15, -0.1) is 0 Å². The molecule has 0 saturated carbocycles. The van der Waals surface area contributed by atoms with Crippen LogP contribution < -0.4 is 0 Å². The zero-order chi connectivity index (χ0) is 10.1. The van der Waals surface area contributed by atoms with Crippen LogP contribution in [0.25, 0.3) is 0 Å². The Balaban J connectivity index is 2.51. The number of nitrogens with zero attached hydrogens (tertiary/aromatic N) is 1. The fourth-order valence-corrected chi connectivity index (χ4v) is 1.65. The maximum Gasteiger partial charge on any atom is 0.428 e. The number of aliphatic hydroxyl groups is 1. The topological polar surface area (TPSA) is 23.5 Å². The number of alkyl halides is 3. The second kappa shape index (κ2) is 3.84. The van der Waals surface area contributed by atoms with Crippen LogP contribution in [-0.4, -0.2) is 35.5 Å². The van der Waals surface area contributed by atoms with Gasteiger partial charge in [-0.25, -0.2) is 0 Å². The molecule has 0 aromatic rings. The molecule has 1 saturated heterocycles. The Morgan fingerprint density at radius 2 is 2.08 bits per heavy atom. The first-order valence-corrected chi connectivity index (χ1v) is 4.40. The first-order valence-electron chi connectivity index (χ1n) is 4.40. The molecule has 1 rings (SSSR count). The summed E-state index contributed by atoms with van der Waals surface area (Å²) >= 11 is 0. The Labute approximate surface area is 75.3 Å². The van der Waals surface area contributed by atoms with Gasteiger partial charge in [0.1, 0.15) is 0 Å². The average molecular weight is 197 g/mol. The first-order chi connectivity index (χ1) is 5.91. The number of halogens is 3. The van der Waals surface area contributed by atoms with Crippen LogP contribution in [0.2, 0.25) is 0 Å². The number of hydrogen-bond donors (Lipinski definition) is 1. The summed E-state index contributed by atoms with van der Waals surface area (Å²) in [6.45, 7) is 2.57. The molecule has 0 bridgehead atoms. The van der Waals surface area contributed by atoms with Crippen LogP contribution in [0, 0.1) is 5.92 Å². The fourth-order valence-electron chi connectivity index (χ4n) is 1.65. The van der Waals surface area contributed by atoms with Gasteiger partial charge in [-0.1, -0.05) is 6.92 Å². The van der Waals surface area contributed by atoms with Crippen LogP contribution in [0.1, 0.15) is 19.8 Å². The van der Waals surface area contributed by atoms with Crippen molar-refractivity contribution in [1.82, 2.24) is 4.90 Å². The number of aliphatic hydroxyl groups excluding tert-OH is 1. The fraction of sp³-hybridized carbons (Fsp3) is 1.00. The molecule has 1 aliphatic heterocycles. The summed E-state index contributed by atoms with van der Waals surface area (Å²) in [6, 6.07) is 0. The van der Waals surface area contributed by atoms with Crippen LogP contribution in [0.15, 0.2) is 0 Å². The largest absolute Gasteiger partial charge is 0.428 e. The first kappa shape index (κ1) is 10.8. The predicted octanol–water partition coefficient (Wildman–Crippen LogP) is 1.60. The van der Waals surface area contributed by atoms with Crippen molar-refractivity contribution < 1.29 is 18.3 Å². The van der Waals surface area contributed by atoms with E-state index in [4.69, 9.17) is 5.11 Å². The third-order valence-corrected chi connectivity index (χ3v) is 2.33. The monoisotopic (exact) mass is 197 g/mol. The van der Waals surface area contributed by atoms with E-state index in [1.807, 2.05) is 6.92 Å². The highest BCUT2D eigenvalue weighted by Gasteiger charge is 2.43. The zero-order valence-electron chi connectivity index (χ0n) is 7.51. The van der Waals surface area contributed by atoms with Gasteiger partial charge < -0.3 is 5.11 Å². The van der Waals surface area contributed by atoms with Crippen molar-refractivity contribution in [2.75, 3.05) is 13.1 Å². The Morgan fingerprint density at radius 1 is 1.46 bits per heavy atom. The van der Waals surface area contributed by atoms with E-state index in [2.05, 4.69) is 0 Å². The summed E-state index contributed by atoms with van der Waals surface area (Å²) in [5.41, 5.74) is 0. The van der Waals surface area contributed by atoms with Gasteiger partial charge in [0, 0.05) is 13.1 Å². The van der Waals surface area contributed by atoms with Crippen molar-refractivity contribution >= 4 is 0 Å². The molecule has 0 spiro atoms. The van der Waals surface area contributed by atoms with Gasteiger partial charge in [-0.05, 0) is 18.8 Å². The molecule has 5 heteroatoms. The standard InChI is InChI=1S/C8H14F3NO/c1-6-3-2-4-12(5-6)7(13)8(9,10)11/h6-7,13H,2-5H2,1H3. The van der Waals surface area contributed by atoms with Gasteiger partial charge in [0.2, 0.25) is 6.23 Å². The minimum atomic E-state index is -4.52. The Bertz CT molecular complexity index is 171. The highest BCUT2D eigenvalue weighted by molar-refractivity contribution is 4.75. The normalized spacial score (nSPS) is 28.8. The lowest BCUT2D eigenvalue weighted by molar-refractivity contribution is -0.253. The van der Waals surface area contributed by atoms with Crippen LogP contribution in [0.4, 0.5) is 13.2 Å². The lowest BCUT2D eigenvalue weighted by atomic mass is 10.0. The predicted molar refractivity (Wildman–Crippen MR) is 42.0 cm³/mol. The van der Waals surface area contributed by atoms with Crippen molar-refractivity contribution in [2.24, 2.45) is 5.92 Å². The molecule has 1 heterocycles. The average Bonchev–Trinajstić information content (AvgIpc) is 2.01. The van der Waals surface area contributed by atoms with Crippen molar-refractivity contribution in [3.63, 3.8) is 0 Å². The Kier molecular flexibility index (Phi) is 3.18. The molecule has 0 radical (unpaired) electrons. The zero-order valence-corrected chi connectivity index (χ0v) is 7.51.